The van der Waals surface area contributed by atoms with Gasteiger partial charge >= 0.3 is 0 Å². The second-order valence-electron chi connectivity index (χ2n) is 4.64. The Morgan fingerprint density at radius 1 is 1.47 bits per heavy atom. The molecule has 0 fully saturated rings. The zero-order valence-electron chi connectivity index (χ0n) is 10.5. The number of methoxy groups -OCH3 is 1. The average molecular weight is 212 g/mol. The summed E-state index contributed by atoms with van der Waals surface area (Å²) >= 11 is 0. The third-order valence-electron chi connectivity index (χ3n) is 2.49. The molecule has 0 aliphatic rings. The lowest BCUT2D eigenvalue weighted by Gasteiger charge is -2.20. The zero-order valence-corrected chi connectivity index (χ0v) is 10.5. The van der Waals surface area contributed by atoms with Crippen molar-refractivity contribution in [1.29, 1.82) is 5.26 Å². The van der Waals surface area contributed by atoms with Gasteiger partial charge in [-0.15, -0.1) is 0 Å². The average Bonchev–Trinajstić information content (AvgIpc) is 2.18. The summed E-state index contributed by atoms with van der Waals surface area (Å²) in [6.45, 7) is 7.75. The van der Waals surface area contributed by atoms with Gasteiger partial charge in [-0.25, -0.2) is 0 Å². The van der Waals surface area contributed by atoms with E-state index in [9.17, 15) is 0 Å². The lowest BCUT2D eigenvalue weighted by Crippen LogP contribution is -2.35. The second kappa shape index (κ2) is 7.67. The van der Waals surface area contributed by atoms with Gasteiger partial charge in [0.2, 0.25) is 0 Å². The second-order valence-corrected chi connectivity index (χ2v) is 4.64. The normalized spacial score (nSPS) is 13.5. The molecule has 0 radical (unpaired) electrons. The molecule has 1 N–H and O–H groups in total. The van der Waals surface area contributed by atoms with Crippen molar-refractivity contribution >= 4 is 0 Å². The first-order valence-corrected chi connectivity index (χ1v) is 5.69. The Morgan fingerprint density at radius 2 is 2.13 bits per heavy atom. The van der Waals surface area contributed by atoms with E-state index in [2.05, 4.69) is 18.3 Å². The fourth-order valence-electron chi connectivity index (χ4n) is 1.44. The highest BCUT2D eigenvalue weighted by Crippen LogP contribution is 2.17. The fraction of sp³-hybridized carbons (Fsp3) is 0.917. The van der Waals surface area contributed by atoms with Gasteiger partial charge in [0.15, 0.2) is 0 Å². The molecule has 0 aliphatic carbocycles. The van der Waals surface area contributed by atoms with Crippen molar-refractivity contribution in [1.82, 2.24) is 5.32 Å². The molecule has 0 aromatic heterocycles. The van der Waals surface area contributed by atoms with Crippen LogP contribution in [0.15, 0.2) is 0 Å². The molecule has 0 heterocycles. The SMILES string of the molecule is CCCC(COC)NCCC(C)(C)C#N. The standard InChI is InChI=1S/C12H24N2O/c1-5-6-11(9-15-4)14-8-7-12(2,3)10-13/h11,14H,5-9H2,1-4H3. The van der Waals surface area contributed by atoms with Crippen LogP contribution in [0.1, 0.15) is 40.0 Å². The van der Waals surface area contributed by atoms with E-state index in [0.717, 1.165) is 32.4 Å². The van der Waals surface area contributed by atoms with E-state index in [1.165, 1.54) is 0 Å². The third kappa shape index (κ3) is 7.35. The minimum atomic E-state index is -0.225. The fourth-order valence-corrected chi connectivity index (χ4v) is 1.44. The molecular weight excluding hydrogens is 188 g/mol. The lowest BCUT2D eigenvalue weighted by molar-refractivity contribution is 0.160. The van der Waals surface area contributed by atoms with Crippen molar-refractivity contribution < 1.29 is 4.74 Å². The minimum Gasteiger partial charge on any atom is -0.383 e. The van der Waals surface area contributed by atoms with Gasteiger partial charge in [-0.3, -0.25) is 0 Å². The molecule has 0 rings (SSSR count). The number of nitrogens with zero attached hydrogens (tertiary/aromatic N) is 1. The van der Waals surface area contributed by atoms with Crippen LogP contribution in [0.4, 0.5) is 0 Å². The molecule has 15 heavy (non-hydrogen) atoms. The van der Waals surface area contributed by atoms with E-state index >= 15 is 0 Å². The Hall–Kier alpha value is -0.590. The first-order chi connectivity index (χ1) is 7.05. The molecule has 0 saturated carbocycles. The van der Waals surface area contributed by atoms with Crippen LogP contribution in [-0.2, 0) is 4.74 Å². The van der Waals surface area contributed by atoms with E-state index in [-0.39, 0.29) is 5.41 Å². The molecule has 0 amide bonds. The van der Waals surface area contributed by atoms with Crippen molar-refractivity contribution in [3.05, 3.63) is 0 Å². The number of nitriles is 1. The van der Waals surface area contributed by atoms with Crippen LogP contribution >= 0.6 is 0 Å². The van der Waals surface area contributed by atoms with Gasteiger partial charge in [0.1, 0.15) is 0 Å². The Bertz CT molecular complexity index is 190. The maximum absolute atomic E-state index is 8.86. The van der Waals surface area contributed by atoms with Gasteiger partial charge in [-0.2, -0.15) is 5.26 Å². The molecule has 3 nitrogen and oxygen atoms in total. The highest BCUT2D eigenvalue weighted by molar-refractivity contribution is 4.92. The summed E-state index contributed by atoms with van der Waals surface area (Å²) in [4.78, 5) is 0. The minimum absolute atomic E-state index is 0.225. The monoisotopic (exact) mass is 212 g/mol. The van der Waals surface area contributed by atoms with E-state index in [0.29, 0.717) is 6.04 Å². The van der Waals surface area contributed by atoms with Crippen LogP contribution in [0.3, 0.4) is 0 Å². The summed E-state index contributed by atoms with van der Waals surface area (Å²) in [5.41, 5.74) is -0.225. The Labute approximate surface area is 93.8 Å². The molecule has 1 unspecified atom stereocenters. The Kier molecular flexibility index (Phi) is 7.37. The number of ether oxygens (including phenoxy) is 1. The van der Waals surface area contributed by atoms with E-state index < -0.39 is 0 Å². The highest BCUT2D eigenvalue weighted by atomic mass is 16.5. The van der Waals surface area contributed by atoms with Crippen molar-refractivity contribution in [2.75, 3.05) is 20.3 Å². The van der Waals surface area contributed by atoms with E-state index in [1.807, 2.05) is 13.8 Å². The number of nitrogens with one attached hydrogen (secondary N) is 1. The van der Waals surface area contributed by atoms with Crippen molar-refractivity contribution in [2.24, 2.45) is 5.41 Å². The molecule has 0 aliphatic heterocycles. The van der Waals surface area contributed by atoms with Gasteiger partial charge in [-0.05, 0) is 33.2 Å². The van der Waals surface area contributed by atoms with E-state index in [1.54, 1.807) is 7.11 Å². The molecule has 0 saturated heterocycles. The maximum Gasteiger partial charge on any atom is 0.0684 e. The molecule has 1 atom stereocenters. The quantitative estimate of drug-likeness (QED) is 0.671. The molecule has 0 aromatic carbocycles. The van der Waals surface area contributed by atoms with Gasteiger partial charge < -0.3 is 10.1 Å². The molecule has 88 valence electrons. The Morgan fingerprint density at radius 3 is 2.60 bits per heavy atom. The third-order valence-corrected chi connectivity index (χ3v) is 2.49. The highest BCUT2D eigenvalue weighted by Gasteiger charge is 2.16. The van der Waals surface area contributed by atoms with Crippen molar-refractivity contribution in [3.63, 3.8) is 0 Å². The van der Waals surface area contributed by atoms with Crippen LogP contribution in [0.2, 0.25) is 0 Å². The van der Waals surface area contributed by atoms with Gasteiger partial charge in [0.25, 0.3) is 0 Å². The maximum atomic E-state index is 8.86. The molecule has 0 bridgehead atoms. The van der Waals surface area contributed by atoms with Crippen LogP contribution in [0, 0.1) is 16.7 Å². The predicted molar refractivity (Wildman–Crippen MR) is 62.6 cm³/mol. The number of rotatable bonds is 8. The lowest BCUT2D eigenvalue weighted by atomic mass is 9.91. The summed E-state index contributed by atoms with van der Waals surface area (Å²) < 4.78 is 5.14. The van der Waals surface area contributed by atoms with Gasteiger partial charge in [0.05, 0.1) is 18.1 Å². The summed E-state index contributed by atoms with van der Waals surface area (Å²) in [7, 11) is 1.73. The molecular formula is C12H24N2O. The number of hydrogen-bond acceptors (Lipinski definition) is 3. The van der Waals surface area contributed by atoms with Crippen LogP contribution < -0.4 is 5.32 Å². The largest absolute Gasteiger partial charge is 0.383 e. The van der Waals surface area contributed by atoms with Crippen LogP contribution in [0.25, 0.3) is 0 Å². The molecule has 3 heteroatoms. The van der Waals surface area contributed by atoms with E-state index in [4.69, 9.17) is 10.00 Å². The summed E-state index contributed by atoms with van der Waals surface area (Å²) in [5.74, 6) is 0. The van der Waals surface area contributed by atoms with Gasteiger partial charge in [-0.1, -0.05) is 13.3 Å². The van der Waals surface area contributed by atoms with Gasteiger partial charge in [0, 0.05) is 13.2 Å². The number of hydrogen-bond donors (Lipinski definition) is 1. The summed E-state index contributed by atoms with van der Waals surface area (Å²) in [5, 5.41) is 12.3. The predicted octanol–water partition coefficient (Wildman–Crippen LogP) is 2.33. The van der Waals surface area contributed by atoms with Crippen LogP contribution in [0.5, 0.6) is 0 Å². The van der Waals surface area contributed by atoms with Crippen molar-refractivity contribution in [3.8, 4) is 6.07 Å². The van der Waals surface area contributed by atoms with Crippen LogP contribution in [-0.4, -0.2) is 26.3 Å². The molecule has 0 spiro atoms. The molecule has 0 aromatic rings. The van der Waals surface area contributed by atoms with Crippen molar-refractivity contribution in [2.45, 2.75) is 46.1 Å². The summed E-state index contributed by atoms with van der Waals surface area (Å²) in [6.07, 6.45) is 3.16. The summed E-state index contributed by atoms with van der Waals surface area (Å²) in [6, 6.07) is 2.73. The first kappa shape index (κ1) is 14.4. The zero-order chi connectivity index (χ0) is 11.7. The topological polar surface area (TPSA) is 45.0 Å². The Balaban J connectivity index is 3.75. The first-order valence-electron chi connectivity index (χ1n) is 5.69. The smallest absolute Gasteiger partial charge is 0.0684 e.